The Morgan fingerprint density at radius 3 is 2.50 bits per heavy atom. The van der Waals surface area contributed by atoms with Crippen molar-refractivity contribution in [3.8, 4) is 0 Å². The van der Waals surface area contributed by atoms with Crippen LogP contribution in [0.15, 0.2) is 12.2 Å². The van der Waals surface area contributed by atoms with E-state index in [1.54, 1.807) is 0 Å². The van der Waals surface area contributed by atoms with Crippen molar-refractivity contribution in [3.05, 3.63) is 12.2 Å². The van der Waals surface area contributed by atoms with Crippen molar-refractivity contribution in [1.82, 2.24) is 10.6 Å². The standard InChI is InChI=1S/C17H28N2S/c1-11-6-14(10-17(2,3)9-11)18-16(20)19-15-8-12-4-5-13(15)7-12/h4-5,11-15H,6-10H2,1-3H3,(H2,18,19,20)/t11-,12+,13+,14-,15+/m1/s1. The van der Waals surface area contributed by atoms with Crippen molar-refractivity contribution in [3.63, 3.8) is 0 Å². The van der Waals surface area contributed by atoms with Crippen LogP contribution in [0.3, 0.4) is 0 Å². The Morgan fingerprint density at radius 1 is 1.10 bits per heavy atom. The van der Waals surface area contributed by atoms with E-state index in [9.17, 15) is 0 Å². The number of nitrogens with one attached hydrogen (secondary N) is 2. The molecule has 0 heterocycles. The van der Waals surface area contributed by atoms with Crippen LogP contribution in [0.2, 0.25) is 0 Å². The van der Waals surface area contributed by atoms with E-state index in [1.165, 1.54) is 32.1 Å². The van der Waals surface area contributed by atoms with Gasteiger partial charge in [-0.1, -0.05) is 32.9 Å². The van der Waals surface area contributed by atoms with E-state index < -0.39 is 0 Å². The summed E-state index contributed by atoms with van der Waals surface area (Å²) in [6, 6.07) is 1.11. The third kappa shape index (κ3) is 3.19. The second-order valence-electron chi connectivity index (χ2n) is 8.11. The van der Waals surface area contributed by atoms with E-state index in [-0.39, 0.29) is 0 Å². The normalized spacial score (nSPS) is 41.6. The summed E-state index contributed by atoms with van der Waals surface area (Å²) in [4.78, 5) is 0. The summed E-state index contributed by atoms with van der Waals surface area (Å²) in [5.41, 5.74) is 0.445. The lowest BCUT2D eigenvalue weighted by atomic mass is 9.71. The average molecular weight is 292 g/mol. The first-order valence-electron chi connectivity index (χ1n) is 8.17. The molecule has 0 amide bonds. The molecule has 2 nitrogen and oxygen atoms in total. The summed E-state index contributed by atoms with van der Waals surface area (Å²) in [6.45, 7) is 7.13. The van der Waals surface area contributed by atoms with Crippen LogP contribution >= 0.6 is 12.2 Å². The third-order valence-electron chi connectivity index (χ3n) is 5.32. The first-order chi connectivity index (χ1) is 9.41. The van der Waals surface area contributed by atoms with E-state index in [2.05, 4.69) is 43.6 Å². The van der Waals surface area contributed by atoms with Gasteiger partial charge in [0.2, 0.25) is 0 Å². The fraction of sp³-hybridized carbons (Fsp3) is 0.824. The number of thiocarbonyl (C=S) groups is 1. The summed E-state index contributed by atoms with van der Waals surface area (Å²) in [6.07, 6.45) is 11.2. The molecule has 3 heteroatoms. The molecule has 2 bridgehead atoms. The SMILES string of the molecule is C[C@@H]1C[C@@H](NC(=S)N[C@H]2C[C@H]3C=C[C@H]2C3)CC(C)(C)C1. The molecule has 0 aromatic heterocycles. The smallest absolute Gasteiger partial charge is 0.166 e. The molecule has 0 radical (unpaired) electrons. The highest BCUT2D eigenvalue weighted by molar-refractivity contribution is 7.80. The highest BCUT2D eigenvalue weighted by atomic mass is 32.1. The van der Waals surface area contributed by atoms with E-state index in [1.807, 2.05) is 0 Å². The summed E-state index contributed by atoms with van der Waals surface area (Å²) < 4.78 is 0. The second-order valence-corrected chi connectivity index (χ2v) is 8.52. The summed E-state index contributed by atoms with van der Waals surface area (Å²) in [5.74, 6) is 2.31. The van der Waals surface area contributed by atoms with Gasteiger partial charge in [-0.05, 0) is 67.5 Å². The van der Waals surface area contributed by atoms with Crippen LogP contribution in [0.5, 0.6) is 0 Å². The number of rotatable bonds is 2. The Hall–Kier alpha value is -0.570. The molecule has 0 saturated heterocycles. The van der Waals surface area contributed by atoms with Gasteiger partial charge >= 0.3 is 0 Å². The molecular formula is C17H28N2S. The van der Waals surface area contributed by atoms with Crippen LogP contribution in [-0.4, -0.2) is 17.2 Å². The molecule has 3 aliphatic rings. The average Bonchev–Trinajstić information content (AvgIpc) is 2.87. The van der Waals surface area contributed by atoms with Gasteiger partial charge in [-0.2, -0.15) is 0 Å². The second kappa shape index (κ2) is 5.32. The largest absolute Gasteiger partial charge is 0.360 e. The van der Waals surface area contributed by atoms with Crippen LogP contribution < -0.4 is 10.6 Å². The Labute approximate surface area is 128 Å². The van der Waals surface area contributed by atoms with Gasteiger partial charge < -0.3 is 10.6 Å². The molecule has 0 aromatic carbocycles. The molecule has 3 aliphatic carbocycles. The molecule has 2 saturated carbocycles. The highest BCUT2D eigenvalue weighted by Gasteiger charge is 2.36. The van der Waals surface area contributed by atoms with E-state index in [4.69, 9.17) is 12.2 Å². The van der Waals surface area contributed by atoms with E-state index >= 15 is 0 Å². The van der Waals surface area contributed by atoms with Crippen molar-refractivity contribution in [2.24, 2.45) is 23.2 Å². The molecular weight excluding hydrogens is 264 g/mol. The van der Waals surface area contributed by atoms with Crippen molar-refractivity contribution in [1.29, 1.82) is 0 Å². The molecule has 2 fully saturated rings. The van der Waals surface area contributed by atoms with Crippen molar-refractivity contribution in [2.45, 2.75) is 65.0 Å². The zero-order valence-corrected chi connectivity index (χ0v) is 13.8. The van der Waals surface area contributed by atoms with Gasteiger partial charge in [0.05, 0.1) is 0 Å². The van der Waals surface area contributed by atoms with Crippen LogP contribution in [0.25, 0.3) is 0 Å². The molecule has 5 atom stereocenters. The van der Waals surface area contributed by atoms with Crippen molar-refractivity contribution in [2.75, 3.05) is 0 Å². The quantitative estimate of drug-likeness (QED) is 0.600. The van der Waals surface area contributed by atoms with Gasteiger partial charge in [-0.3, -0.25) is 0 Å². The molecule has 0 aliphatic heterocycles. The lowest BCUT2D eigenvalue weighted by molar-refractivity contribution is 0.161. The maximum atomic E-state index is 5.55. The number of allylic oxidation sites excluding steroid dienone is 1. The van der Waals surface area contributed by atoms with Gasteiger partial charge in [0.15, 0.2) is 5.11 Å². The zero-order chi connectivity index (χ0) is 14.3. The summed E-state index contributed by atoms with van der Waals surface area (Å²) >= 11 is 5.55. The summed E-state index contributed by atoms with van der Waals surface area (Å²) in [7, 11) is 0. The molecule has 20 heavy (non-hydrogen) atoms. The topological polar surface area (TPSA) is 24.1 Å². The van der Waals surface area contributed by atoms with E-state index in [0.29, 0.717) is 23.4 Å². The van der Waals surface area contributed by atoms with Gasteiger partial charge in [-0.25, -0.2) is 0 Å². The third-order valence-corrected chi connectivity index (χ3v) is 5.55. The van der Waals surface area contributed by atoms with Gasteiger partial charge in [-0.15, -0.1) is 0 Å². The fourth-order valence-corrected chi connectivity index (χ4v) is 5.12. The molecule has 0 spiro atoms. The monoisotopic (exact) mass is 292 g/mol. The first kappa shape index (κ1) is 14.4. The van der Waals surface area contributed by atoms with Crippen LogP contribution in [-0.2, 0) is 0 Å². The predicted molar refractivity (Wildman–Crippen MR) is 88.6 cm³/mol. The Bertz CT molecular complexity index is 415. The maximum absolute atomic E-state index is 5.55. The lowest BCUT2D eigenvalue weighted by Crippen LogP contribution is -2.50. The maximum Gasteiger partial charge on any atom is 0.166 e. The molecule has 0 aromatic rings. The Kier molecular flexibility index (Phi) is 3.83. The minimum absolute atomic E-state index is 0.445. The number of fused-ring (bicyclic) bond motifs is 2. The number of hydrogen-bond acceptors (Lipinski definition) is 1. The summed E-state index contributed by atoms with van der Waals surface area (Å²) in [5, 5.41) is 8.04. The first-order valence-corrected chi connectivity index (χ1v) is 8.57. The lowest BCUT2D eigenvalue weighted by Gasteiger charge is -2.40. The molecule has 0 unspecified atom stereocenters. The minimum Gasteiger partial charge on any atom is -0.360 e. The van der Waals surface area contributed by atoms with Crippen molar-refractivity contribution >= 4 is 17.3 Å². The molecule has 2 N–H and O–H groups in total. The molecule has 112 valence electrons. The van der Waals surface area contributed by atoms with Crippen LogP contribution in [0.1, 0.15) is 52.9 Å². The van der Waals surface area contributed by atoms with Gasteiger partial charge in [0.25, 0.3) is 0 Å². The van der Waals surface area contributed by atoms with Gasteiger partial charge in [0, 0.05) is 12.1 Å². The van der Waals surface area contributed by atoms with Gasteiger partial charge in [0.1, 0.15) is 0 Å². The fourth-order valence-electron chi connectivity index (χ4n) is 4.80. The highest BCUT2D eigenvalue weighted by Crippen LogP contribution is 2.40. The Balaban J connectivity index is 1.50. The van der Waals surface area contributed by atoms with Crippen LogP contribution in [0.4, 0.5) is 0 Å². The number of hydrogen-bond donors (Lipinski definition) is 2. The minimum atomic E-state index is 0.445. The van der Waals surface area contributed by atoms with Crippen molar-refractivity contribution < 1.29 is 0 Å². The predicted octanol–water partition coefficient (Wildman–Crippen LogP) is 3.63. The van der Waals surface area contributed by atoms with E-state index in [0.717, 1.165) is 16.9 Å². The zero-order valence-electron chi connectivity index (χ0n) is 13.0. The molecule has 3 rings (SSSR count). The van der Waals surface area contributed by atoms with Crippen LogP contribution in [0, 0.1) is 23.2 Å². The Morgan fingerprint density at radius 2 is 1.90 bits per heavy atom.